The fourth-order valence-electron chi connectivity index (χ4n) is 2.41. The van der Waals surface area contributed by atoms with E-state index in [0.717, 1.165) is 12.8 Å². The molecule has 0 saturated heterocycles. The Morgan fingerprint density at radius 2 is 1.33 bits per heavy atom. The zero-order valence-corrected chi connectivity index (χ0v) is 13.8. The van der Waals surface area contributed by atoms with Crippen LogP contribution in [0.5, 0.6) is 0 Å². The summed E-state index contributed by atoms with van der Waals surface area (Å²) in [6, 6.07) is 0. The average Bonchev–Trinajstić information content (AvgIpc) is 2.47. The van der Waals surface area contributed by atoms with Crippen LogP contribution in [-0.4, -0.2) is 12.1 Å². The van der Waals surface area contributed by atoms with E-state index in [1.807, 2.05) is 0 Å². The van der Waals surface area contributed by atoms with Gasteiger partial charge in [-0.25, -0.2) is 4.39 Å². The second kappa shape index (κ2) is 15.5. The van der Waals surface area contributed by atoms with Crippen LogP contribution in [-0.2, 0) is 4.79 Å². The topological polar surface area (TPSA) is 43.1 Å². The fraction of sp³-hybridized carbons (Fsp3) is 0.833. The quantitative estimate of drug-likeness (QED) is 0.317. The Hall–Kier alpha value is -0.860. The summed E-state index contributed by atoms with van der Waals surface area (Å²) in [5.74, 6) is -0.902. The molecule has 0 radical (unpaired) electrons. The van der Waals surface area contributed by atoms with E-state index in [9.17, 15) is 9.18 Å². The van der Waals surface area contributed by atoms with Crippen molar-refractivity contribution >= 4 is 5.91 Å². The summed E-state index contributed by atoms with van der Waals surface area (Å²) >= 11 is 0. The van der Waals surface area contributed by atoms with Crippen molar-refractivity contribution in [3.63, 3.8) is 0 Å². The summed E-state index contributed by atoms with van der Waals surface area (Å²) in [5.41, 5.74) is 4.83. The van der Waals surface area contributed by atoms with Crippen LogP contribution in [0.25, 0.3) is 0 Å². The van der Waals surface area contributed by atoms with Gasteiger partial charge in [-0.3, -0.25) is 4.79 Å². The van der Waals surface area contributed by atoms with Crippen molar-refractivity contribution in [2.45, 2.75) is 96.6 Å². The van der Waals surface area contributed by atoms with E-state index in [0.29, 0.717) is 0 Å². The number of hydrogen-bond acceptors (Lipinski definition) is 1. The highest BCUT2D eigenvalue weighted by Crippen LogP contribution is 2.12. The Balaban J connectivity index is 3.14. The molecule has 124 valence electrons. The molecule has 1 amide bonds. The van der Waals surface area contributed by atoms with Crippen molar-refractivity contribution < 1.29 is 9.18 Å². The van der Waals surface area contributed by atoms with Gasteiger partial charge >= 0.3 is 0 Å². The molecule has 0 fully saturated rings. The van der Waals surface area contributed by atoms with Crippen LogP contribution in [0.3, 0.4) is 0 Å². The van der Waals surface area contributed by atoms with Crippen LogP contribution in [0.4, 0.5) is 4.39 Å². The lowest BCUT2D eigenvalue weighted by Crippen LogP contribution is -2.22. The number of rotatable bonds is 15. The van der Waals surface area contributed by atoms with Gasteiger partial charge < -0.3 is 5.73 Å². The normalized spacial score (nSPS) is 12.9. The molecule has 21 heavy (non-hydrogen) atoms. The lowest BCUT2D eigenvalue weighted by molar-refractivity contribution is -0.121. The van der Waals surface area contributed by atoms with Gasteiger partial charge in [0.25, 0.3) is 5.91 Å². The molecule has 2 N–H and O–H groups in total. The fourth-order valence-corrected chi connectivity index (χ4v) is 2.41. The second-order valence-corrected chi connectivity index (χ2v) is 5.91. The Kier molecular flexibility index (Phi) is 14.9. The van der Waals surface area contributed by atoms with Gasteiger partial charge in [0, 0.05) is 0 Å². The Morgan fingerprint density at radius 3 is 1.76 bits per heavy atom. The highest BCUT2D eigenvalue weighted by Gasteiger charge is 2.06. The lowest BCUT2D eigenvalue weighted by Gasteiger charge is -2.02. The SMILES string of the molecule is CCCCCCCCCCCCCC/C=C/C(F)C(N)=O. The number of amides is 1. The summed E-state index contributed by atoms with van der Waals surface area (Å²) in [4.78, 5) is 10.5. The van der Waals surface area contributed by atoms with E-state index in [2.05, 4.69) is 6.92 Å². The van der Waals surface area contributed by atoms with Gasteiger partial charge in [0.05, 0.1) is 0 Å². The van der Waals surface area contributed by atoms with Gasteiger partial charge in [0.1, 0.15) is 0 Å². The predicted octanol–water partition coefficient (Wildman–Crippen LogP) is 5.46. The number of allylic oxidation sites excluding steroid dienone is 1. The van der Waals surface area contributed by atoms with Gasteiger partial charge in [-0.05, 0) is 18.9 Å². The van der Waals surface area contributed by atoms with Crippen molar-refractivity contribution in [2.75, 3.05) is 0 Å². The van der Waals surface area contributed by atoms with Crippen molar-refractivity contribution in [1.82, 2.24) is 0 Å². The standard InChI is InChI=1S/C18H34FNO/c1-2-3-4-5-6-7-8-9-10-11-12-13-14-15-16-17(19)18(20)21/h15-17H,2-14H2,1H3,(H2,20,21)/b16-15+. The Bertz CT molecular complexity index is 266. The van der Waals surface area contributed by atoms with Crippen molar-refractivity contribution in [3.05, 3.63) is 12.2 Å². The molecule has 1 atom stereocenters. The molecule has 2 nitrogen and oxygen atoms in total. The zero-order valence-electron chi connectivity index (χ0n) is 13.8. The number of nitrogens with two attached hydrogens (primary N) is 1. The first kappa shape index (κ1) is 20.1. The molecule has 0 aromatic rings. The summed E-state index contributed by atoms with van der Waals surface area (Å²) in [6.45, 7) is 2.25. The van der Waals surface area contributed by atoms with E-state index >= 15 is 0 Å². The molecular weight excluding hydrogens is 265 g/mol. The van der Waals surface area contributed by atoms with Crippen LogP contribution < -0.4 is 5.73 Å². The minimum absolute atomic E-state index is 0.838. The third kappa shape index (κ3) is 15.3. The first-order chi connectivity index (χ1) is 10.2. The number of primary amides is 1. The van der Waals surface area contributed by atoms with Crippen LogP contribution >= 0.6 is 0 Å². The smallest absolute Gasteiger partial charge is 0.256 e. The molecule has 0 aromatic heterocycles. The second-order valence-electron chi connectivity index (χ2n) is 5.91. The number of carbonyl (C=O) groups is 1. The molecule has 0 aliphatic carbocycles. The molecule has 0 spiro atoms. The number of halogens is 1. The summed E-state index contributed by atoms with van der Waals surface area (Å²) in [5, 5.41) is 0. The lowest BCUT2D eigenvalue weighted by atomic mass is 10.0. The van der Waals surface area contributed by atoms with Crippen LogP contribution in [0.2, 0.25) is 0 Å². The molecule has 3 heteroatoms. The van der Waals surface area contributed by atoms with Gasteiger partial charge in [0.2, 0.25) is 0 Å². The van der Waals surface area contributed by atoms with Gasteiger partial charge in [-0.1, -0.05) is 83.6 Å². The van der Waals surface area contributed by atoms with E-state index in [1.54, 1.807) is 6.08 Å². The van der Waals surface area contributed by atoms with Crippen LogP contribution in [0.15, 0.2) is 12.2 Å². The molecule has 0 heterocycles. The maximum atomic E-state index is 12.8. The van der Waals surface area contributed by atoms with E-state index < -0.39 is 12.1 Å². The molecule has 0 bridgehead atoms. The first-order valence-corrected chi connectivity index (χ1v) is 8.78. The molecule has 1 unspecified atom stereocenters. The predicted molar refractivity (Wildman–Crippen MR) is 88.9 cm³/mol. The molecule has 0 rings (SSSR count). The Labute approximate surface area is 130 Å². The number of carbonyl (C=O) groups excluding carboxylic acids is 1. The first-order valence-electron chi connectivity index (χ1n) is 8.78. The van der Waals surface area contributed by atoms with Crippen molar-refractivity contribution in [3.8, 4) is 0 Å². The van der Waals surface area contributed by atoms with Gasteiger partial charge in [-0.2, -0.15) is 0 Å². The third-order valence-electron chi connectivity index (χ3n) is 3.80. The number of alkyl halides is 1. The average molecular weight is 299 g/mol. The van der Waals surface area contributed by atoms with E-state index in [-0.39, 0.29) is 0 Å². The third-order valence-corrected chi connectivity index (χ3v) is 3.80. The molecule has 0 aliphatic rings. The van der Waals surface area contributed by atoms with Crippen molar-refractivity contribution in [1.29, 1.82) is 0 Å². The largest absolute Gasteiger partial charge is 0.367 e. The molecule has 0 saturated carbocycles. The minimum atomic E-state index is -1.62. The summed E-state index contributed by atoms with van der Waals surface area (Å²) < 4.78 is 12.8. The maximum Gasteiger partial charge on any atom is 0.256 e. The summed E-state index contributed by atoms with van der Waals surface area (Å²) in [7, 11) is 0. The van der Waals surface area contributed by atoms with Gasteiger partial charge in [0.15, 0.2) is 6.17 Å². The number of unbranched alkanes of at least 4 members (excludes halogenated alkanes) is 12. The van der Waals surface area contributed by atoms with Gasteiger partial charge in [-0.15, -0.1) is 0 Å². The minimum Gasteiger partial charge on any atom is -0.367 e. The zero-order chi connectivity index (χ0) is 15.8. The highest BCUT2D eigenvalue weighted by atomic mass is 19.1. The van der Waals surface area contributed by atoms with E-state index in [1.165, 1.54) is 76.7 Å². The highest BCUT2D eigenvalue weighted by molar-refractivity contribution is 5.80. The maximum absolute atomic E-state index is 12.8. The monoisotopic (exact) mass is 299 g/mol. The molecular formula is C18H34FNO. The summed E-state index contributed by atoms with van der Waals surface area (Å²) in [6.07, 6.45) is 18.1. The number of hydrogen-bond donors (Lipinski definition) is 1. The van der Waals surface area contributed by atoms with E-state index in [4.69, 9.17) is 5.73 Å². The van der Waals surface area contributed by atoms with Crippen LogP contribution in [0, 0.1) is 0 Å². The Morgan fingerprint density at radius 1 is 0.905 bits per heavy atom. The molecule has 0 aromatic carbocycles. The van der Waals surface area contributed by atoms with Crippen molar-refractivity contribution in [2.24, 2.45) is 5.73 Å². The molecule has 0 aliphatic heterocycles. The van der Waals surface area contributed by atoms with Crippen LogP contribution in [0.1, 0.15) is 90.4 Å².